The van der Waals surface area contributed by atoms with Gasteiger partial charge in [0.25, 0.3) is 11.6 Å². The van der Waals surface area contributed by atoms with Crippen LogP contribution >= 0.6 is 0 Å². The maximum absolute atomic E-state index is 13.0. The van der Waals surface area contributed by atoms with E-state index in [2.05, 4.69) is 48.2 Å². The first-order valence-electron chi connectivity index (χ1n) is 10.9. The summed E-state index contributed by atoms with van der Waals surface area (Å²) in [5, 5.41) is 30.2. The molecule has 3 N–H and O–H groups in total. The summed E-state index contributed by atoms with van der Waals surface area (Å²) in [4.78, 5) is 25.4. The zero-order valence-electron chi connectivity index (χ0n) is 18.8. The number of hydrazone groups is 1. The normalized spacial score (nSPS) is 13.6. The van der Waals surface area contributed by atoms with Gasteiger partial charge in [-0.2, -0.15) is 9.78 Å². The average Bonchev–Trinajstić information content (AvgIpc) is 3.49. The molecule has 5 rings (SSSR count). The van der Waals surface area contributed by atoms with Gasteiger partial charge in [-0.25, -0.2) is 10.1 Å². The van der Waals surface area contributed by atoms with Crippen molar-refractivity contribution in [3.05, 3.63) is 86.7 Å². The van der Waals surface area contributed by atoms with Crippen LogP contribution < -0.4 is 11.2 Å². The first kappa shape index (κ1) is 22.8. The fraction of sp³-hybridized carbons (Fsp3) is 0.182. The second-order valence-electron chi connectivity index (χ2n) is 8.05. The average molecular weight is 488 g/mol. The molecular weight excluding hydrogens is 468 g/mol. The van der Waals surface area contributed by atoms with Gasteiger partial charge in [0.15, 0.2) is 5.69 Å². The minimum Gasteiger partial charge on any atom is -0.378 e. The highest BCUT2D eigenvalue weighted by molar-refractivity contribution is 5.94. The maximum Gasteiger partial charge on any atom is 0.293 e. The van der Waals surface area contributed by atoms with E-state index in [4.69, 9.17) is 10.4 Å². The van der Waals surface area contributed by atoms with Gasteiger partial charge in [-0.3, -0.25) is 19.8 Å². The summed E-state index contributed by atoms with van der Waals surface area (Å²) in [6.45, 7) is 1.80. The van der Waals surface area contributed by atoms with E-state index < -0.39 is 10.8 Å². The Hall–Kier alpha value is -4.98. The number of hydrogen-bond acceptors (Lipinski definition) is 11. The minimum absolute atomic E-state index is 0.00768. The van der Waals surface area contributed by atoms with Gasteiger partial charge in [0, 0.05) is 31.8 Å². The topological polar surface area (TPSA) is 183 Å². The van der Waals surface area contributed by atoms with Crippen LogP contribution in [0.5, 0.6) is 0 Å². The van der Waals surface area contributed by atoms with E-state index in [1.165, 1.54) is 46.3 Å². The number of nitrogens with zero attached hydrogens (tertiary/aromatic N) is 8. The van der Waals surface area contributed by atoms with Crippen molar-refractivity contribution in [3.63, 3.8) is 0 Å². The Morgan fingerprint density at radius 3 is 2.69 bits per heavy atom. The van der Waals surface area contributed by atoms with Crippen LogP contribution in [-0.2, 0) is 19.5 Å². The molecule has 1 amide bonds. The molecule has 4 aromatic rings. The lowest BCUT2D eigenvalue weighted by Crippen LogP contribution is -2.32. The third-order valence-electron chi connectivity index (χ3n) is 5.74. The first-order valence-corrected chi connectivity index (χ1v) is 10.9. The van der Waals surface area contributed by atoms with Crippen molar-refractivity contribution in [3.8, 4) is 5.82 Å². The van der Waals surface area contributed by atoms with Gasteiger partial charge in [0.1, 0.15) is 0 Å². The molecule has 3 heterocycles. The summed E-state index contributed by atoms with van der Waals surface area (Å²) >= 11 is 0. The number of aromatic nitrogens is 5. The molecule has 2 aromatic carbocycles. The molecule has 14 nitrogen and oxygen atoms in total. The van der Waals surface area contributed by atoms with Crippen LogP contribution in [-0.4, -0.2) is 53.8 Å². The molecule has 182 valence electrons. The van der Waals surface area contributed by atoms with Gasteiger partial charge < -0.3 is 5.73 Å². The molecule has 0 aliphatic carbocycles. The molecule has 1 aliphatic rings. The predicted molar refractivity (Wildman–Crippen MR) is 126 cm³/mol. The molecule has 0 bridgehead atoms. The van der Waals surface area contributed by atoms with Crippen LogP contribution in [0.2, 0.25) is 0 Å². The second-order valence-corrected chi connectivity index (χ2v) is 8.05. The predicted octanol–water partition coefficient (Wildman–Crippen LogP) is 1.46. The number of nitrogens with two attached hydrogens (primary N) is 1. The van der Waals surface area contributed by atoms with E-state index >= 15 is 0 Å². The monoisotopic (exact) mass is 488 g/mol. The lowest BCUT2D eigenvalue weighted by Gasteiger charge is -2.28. The van der Waals surface area contributed by atoms with E-state index in [-0.39, 0.29) is 23.0 Å². The van der Waals surface area contributed by atoms with Crippen LogP contribution in [0.25, 0.3) is 5.82 Å². The number of hydrogen-bond donors (Lipinski definition) is 2. The van der Waals surface area contributed by atoms with Crippen molar-refractivity contribution in [1.29, 1.82) is 0 Å². The summed E-state index contributed by atoms with van der Waals surface area (Å²) < 4.78 is 6.04. The Labute approximate surface area is 203 Å². The number of rotatable bonds is 7. The van der Waals surface area contributed by atoms with Gasteiger partial charge in [-0.05, 0) is 45.6 Å². The SMILES string of the molecule is Nc1nonc1-n1nnc(C(=O)NN=Cc2ccc([N+](=O)[O-])cc2)c1CN1CCc2ccccc2C1. The van der Waals surface area contributed by atoms with Crippen LogP contribution in [0.4, 0.5) is 11.5 Å². The zero-order valence-corrected chi connectivity index (χ0v) is 18.8. The maximum atomic E-state index is 13.0. The Kier molecular flexibility index (Phi) is 6.15. The summed E-state index contributed by atoms with van der Waals surface area (Å²) in [5.41, 5.74) is 11.8. The molecule has 0 saturated carbocycles. The van der Waals surface area contributed by atoms with Crippen LogP contribution in [0.1, 0.15) is 32.9 Å². The highest BCUT2D eigenvalue weighted by atomic mass is 16.6. The smallest absolute Gasteiger partial charge is 0.293 e. The summed E-state index contributed by atoms with van der Waals surface area (Å²) in [7, 11) is 0. The number of nitro groups is 1. The molecule has 14 heteroatoms. The molecule has 0 saturated heterocycles. The number of nitro benzene ring substituents is 1. The lowest BCUT2D eigenvalue weighted by atomic mass is 10.00. The number of nitrogen functional groups attached to an aromatic ring is 1. The van der Waals surface area contributed by atoms with E-state index in [1.54, 1.807) is 0 Å². The molecule has 1 aliphatic heterocycles. The van der Waals surface area contributed by atoms with E-state index in [0.717, 1.165) is 13.0 Å². The third kappa shape index (κ3) is 4.65. The molecule has 0 spiro atoms. The number of anilines is 1. The van der Waals surface area contributed by atoms with Gasteiger partial charge in [0.2, 0.25) is 11.6 Å². The van der Waals surface area contributed by atoms with E-state index in [9.17, 15) is 14.9 Å². The number of nitrogens with one attached hydrogen (secondary N) is 1. The number of fused-ring (bicyclic) bond motifs is 1. The van der Waals surface area contributed by atoms with Crippen molar-refractivity contribution in [2.45, 2.75) is 19.5 Å². The molecule has 36 heavy (non-hydrogen) atoms. The molecular formula is C22H20N10O4. The molecule has 0 radical (unpaired) electrons. The van der Waals surface area contributed by atoms with Crippen molar-refractivity contribution < 1.29 is 14.3 Å². The van der Waals surface area contributed by atoms with Gasteiger partial charge >= 0.3 is 0 Å². The van der Waals surface area contributed by atoms with Crippen LogP contribution in [0.3, 0.4) is 0 Å². The van der Waals surface area contributed by atoms with Gasteiger partial charge in [-0.1, -0.05) is 29.5 Å². The van der Waals surface area contributed by atoms with E-state index in [0.29, 0.717) is 24.3 Å². The minimum atomic E-state index is -0.596. The number of amides is 1. The number of non-ortho nitro benzene ring substituents is 1. The van der Waals surface area contributed by atoms with Gasteiger partial charge in [0.05, 0.1) is 16.8 Å². The van der Waals surface area contributed by atoms with Crippen molar-refractivity contribution in [2.24, 2.45) is 5.10 Å². The highest BCUT2D eigenvalue weighted by Crippen LogP contribution is 2.23. The lowest BCUT2D eigenvalue weighted by molar-refractivity contribution is -0.384. The summed E-state index contributed by atoms with van der Waals surface area (Å²) in [5.74, 6) is -0.460. The molecule has 0 fully saturated rings. The Bertz CT molecular complexity index is 1440. The summed E-state index contributed by atoms with van der Waals surface area (Å²) in [6.07, 6.45) is 2.24. The second kappa shape index (κ2) is 9.71. The van der Waals surface area contributed by atoms with Crippen LogP contribution in [0.15, 0.2) is 58.3 Å². The molecule has 0 atom stereocenters. The number of benzene rings is 2. The largest absolute Gasteiger partial charge is 0.378 e. The Morgan fingerprint density at radius 2 is 1.97 bits per heavy atom. The zero-order chi connectivity index (χ0) is 25.1. The highest BCUT2D eigenvalue weighted by Gasteiger charge is 2.27. The fourth-order valence-corrected chi connectivity index (χ4v) is 3.93. The quantitative estimate of drug-likeness (QED) is 0.219. The molecule has 0 unspecified atom stereocenters. The fourth-order valence-electron chi connectivity index (χ4n) is 3.93. The van der Waals surface area contributed by atoms with E-state index in [1.807, 2.05) is 12.1 Å². The first-order chi connectivity index (χ1) is 17.5. The third-order valence-corrected chi connectivity index (χ3v) is 5.74. The van der Waals surface area contributed by atoms with Crippen molar-refractivity contribution in [1.82, 2.24) is 35.6 Å². The Morgan fingerprint density at radius 1 is 1.19 bits per heavy atom. The Balaban J connectivity index is 1.37. The standard InChI is InChI=1S/C22H20N10O4/c23-20-21(28-36-27-20)31-18(13-30-10-9-15-3-1-2-4-16(15)12-30)19(25-29-31)22(33)26-24-11-14-5-7-17(8-6-14)32(34)35/h1-8,11H,9-10,12-13H2,(H2,23,27)(H,26,33). The van der Waals surface area contributed by atoms with Gasteiger partial charge in [-0.15, -0.1) is 5.10 Å². The van der Waals surface area contributed by atoms with Crippen molar-refractivity contribution >= 4 is 23.6 Å². The number of carbonyl (C=O) groups is 1. The van der Waals surface area contributed by atoms with Crippen LogP contribution in [0, 0.1) is 10.1 Å². The molecule has 2 aromatic heterocycles. The summed E-state index contributed by atoms with van der Waals surface area (Å²) in [6, 6.07) is 13.9. The van der Waals surface area contributed by atoms with Crippen molar-refractivity contribution in [2.75, 3.05) is 12.3 Å². The number of carbonyl (C=O) groups excluding carboxylic acids is 1.